The largest absolute Gasteiger partial charge is 0.310 e. The number of nitrogens with zero attached hydrogens (tertiary/aromatic N) is 2. The van der Waals surface area contributed by atoms with Crippen molar-refractivity contribution in [3.63, 3.8) is 0 Å². The Bertz CT molecular complexity index is 357. The van der Waals surface area contributed by atoms with Crippen LogP contribution in [0.15, 0.2) is 4.47 Å². The lowest BCUT2D eigenvalue weighted by atomic mass is 9.93. The number of aromatic nitrogens is 2. The molecule has 2 rings (SSSR count). The lowest BCUT2D eigenvalue weighted by Crippen LogP contribution is -2.57. The van der Waals surface area contributed by atoms with Gasteiger partial charge in [-0.15, -0.1) is 0 Å². The summed E-state index contributed by atoms with van der Waals surface area (Å²) >= 11 is 3.44. The second-order valence-corrected chi connectivity index (χ2v) is 4.69. The minimum Gasteiger partial charge on any atom is -0.310 e. The van der Waals surface area contributed by atoms with E-state index in [1.807, 2.05) is 14.0 Å². The minimum atomic E-state index is -1.08. The number of rotatable bonds is 2. The summed E-state index contributed by atoms with van der Waals surface area (Å²) in [5.74, 6) is 0. The quantitative estimate of drug-likeness (QED) is 0.871. The van der Waals surface area contributed by atoms with Gasteiger partial charge in [-0.3, -0.25) is 4.68 Å². The van der Waals surface area contributed by atoms with Gasteiger partial charge in [0.15, 0.2) is 0 Å². The van der Waals surface area contributed by atoms with E-state index in [1.54, 1.807) is 4.68 Å². The van der Waals surface area contributed by atoms with Gasteiger partial charge in [0.2, 0.25) is 0 Å². The Morgan fingerprint density at radius 3 is 2.64 bits per heavy atom. The molecule has 0 bridgehead atoms. The molecule has 0 atom stereocenters. The second kappa shape index (κ2) is 3.31. The Hall–Kier alpha value is -0.420. The zero-order valence-corrected chi connectivity index (χ0v) is 9.86. The van der Waals surface area contributed by atoms with E-state index < -0.39 is 5.67 Å². The highest BCUT2D eigenvalue weighted by atomic mass is 79.9. The molecule has 1 saturated heterocycles. The summed E-state index contributed by atoms with van der Waals surface area (Å²) < 4.78 is 16.5. The van der Waals surface area contributed by atoms with Gasteiger partial charge in [-0.05, 0) is 22.9 Å². The smallest absolute Gasteiger partial charge is 0.141 e. The number of aryl methyl sites for hydroxylation is 2. The molecule has 14 heavy (non-hydrogen) atoms. The first-order valence-electron chi connectivity index (χ1n) is 4.59. The van der Waals surface area contributed by atoms with Crippen LogP contribution in [0.25, 0.3) is 0 Å². The van der Waals surface area contributed by atoms with Gasteiger partial charge in [0.05, 0.1) is 15.9 Å². The molecule has 0 aromatic carbocycles. The van der Waals surface area contributed by atoms with Gasteiger partial charge in [0, 0.05) is 26.6 Å². The molecular weight excluding hydrogens is 249 g/mol. The van der Waals surface area contributed by atoms with E-state index in [2.05, 4.69) is 26.3 Å². The predicted molar refractivity (Wildman–Crippen MR) is 56.1 cm³/mol. The highest BCUT2D eigenvalue weighted by Crippen LogP contribution is 2.28. The van der Waals surface area contributed by atoms with E-state index in [-0.39, 0.29) is 0 Å². The van der Waals surface area contributed by atoms with Crippen molar-refractivity contribution in [1.29, 1.82) is 0 Å². The van der Waals surface area contributed by atoms with Crippen molar-refractivity contribution in [3.8, 4) is 0 Å². The summed E-state index contributed by atoms with van der Waals surface area (Å²) in [5.41, 5.74) is 0.771. The second-order valence-electron chi connectivity index (χ2n) is 3.90. The fourth-order valence-electron chi connectivity index (χ4n) is 1.69. The summed E-state index contributed by atoms with van der Waals surface area (Å²) in [6, 6.07) is 0. The van der Waals surface area contributed by atoms with Crippen LogP contribution >= 0.6 is 15.9 Å². The lowest BCUT2D eigenvalue weighted by molar-refractivity contribution is 0.0887. The molecule has 78 valence electrons. The zero-order valence-electron chi connectivity index (χ0n) is 8.27. The lowest BCUT2D eigenvalue weighted by Gasteiger charge is -2.34. The molecule has 0 saturated carbocycles. The number of nitrogens with one attached hydrogen (secondary N) is 1. The van der Waals surface area contributed by atoms with Crippen molar-refractivity contribution >= 4 is 15.9 Å². The summed E-state index contributed by atoms with van der Waals surface area (Å²) in [6.45, 7) is 2.81. The zero-order chi connectivity index (χ0) is 10.3. The summed E-state index contributed by atoms with van der Waals surface area (Å²) in [7, 11) is 1.85. The molecule has 1 aromatic rings. The number of hydrogen-bond acceptors (Lipinski definition) is 2. The molecule has 2 heterocycles. The van der Waals surface area contributed by atoms with Crippen molar-refractivity contribution < 1.29 is 4.39 Å². The summed E-state index contributed by atoms with van der Waals surface area (Å²) in [5, 5.41) is 7.18. The van der Waals surface area contributed by atoms with E-state index >= 15 is 0 Å². The maximum absolute atomic E-state index is 13.8. The Kier molecular flexibility index (Phi) is 2.39. The highest BCUT2D eigenvalue weighted by Gasteiger charge is 2.38. The molecule has 1 fully saturated rings. The van der Waals surface area contributed by atoms with Crippen molar-refractivity contribution in [2.75, 3.05) is 13.1 Å². The highest BCUT2D eigenvalue weighted by molar-refractivity contribution is 9.10. The van der Waals surface area contributed by atoms with Crippen LogP contribution in [-0.2, 0) is 13.5 Å². The average molecular weight is 262 g/mol. The molecule has 0 aliphatic carbocycles. The van der Waals surface area contributed by atoms with E-state index in [0.29, 0.717) is 19.5 Å². The first-order chi connectivity index (χ1) is 6.52. The number of halogens is 2. The molecule has 0 amide bonds. The van der Waals surface area contributed by atoms with Crippen LogP contribution in [0, 0.1) is 6.92 Å². The molecular formula is C9H13BrFN3. The van der Waals surface area contributed by atoms with E-state index in [0.717, 1.165) is 15.9 Å². The monoisotopic (exact) mass is 261 g/mol. The normalized spacial score (nSPS) is 19.4. The molecule has 5 heteroatoms. The topological polar surface area (TPSA) is 29.9 Å². The Balaban J connectivity index is 2.23. The van der Waals surface area contributed by atoms with E-state index in [1.165, 1.54) is 0 Å². The molecule has 0 radical (unpaired) electrons. The van der Waals surface area contributed by atoms with Crippen LogP contribution in [0.3, 0.4) is 0 Å². The molecule has 1 aliphatic rings. The SMILES string of the molecule is Cc1nn(C)c(CC2(F)CNC2)c1Br. The first kappa shape index (κ1) is 10.1. The van der Waals surface area contributed by atoms with Gasteiger partial charge in [-0.2, -0.15) is 5.10 Å². The van der Waals surface area contributed by atoms with Crippen molar-refractivity contribution in [2.24, 2.45) is 7.05 Å². The fourth-order valence-corrected chi connectivity index (χ4v) is 2.17. The van der Waals surface area contributed by atoms with Crippen LogP contribution in [0.2, 0.25) is 0 Å². The third-order valence-electron chi connectivity index (χ3n) is 2.63. The van der Waals surface area contributed by atoms with Gasteiger partial charge in [-0.25, -0.2) is 4.39 Å². The number of hydrogen-bond donors (Lipinski definition) is 1. The van der Waals surface area contributed by atoms with Crippen LogP contribution in [0.1, 0.15) is 11.4 Å². The summed E-state index contributed by atoms with van der Waals surface area (Å²) in [4.78, 5) is 0. The van der Waals surface area contributed by atoms with Gasteiger partial charge in [0.1, 0.15) is 5.67 Å². The maximum Gasteiger partial charge on any atom is 0.141 e. The Morgan fingerprint density at radius 2 is 2.29 bits per heavy atom. The molecule has 0 spiro atoms. The van der Waals surface area contributed by atoms with Crippen LogP contribution < -0.4 is 5.32 Å². The average Bonchev–Trinajstić information content (AvgIpc) is 2.29. The molecule has 1 N–H and O–H groups in total. The van der Waals surface area contributed by atoms with Crippen LogP contribution in [0.4, 0.5) is 4.39 Å². The van der Waals surface area contributed by atoms with E-state index in [9.17, 15) is 4.39 Å². The molecule has 3 nitrogen and oxygen atoms in total. The van der Waals surface area contributed by atoms with Gasteiger partial charge in [0.25, 0.3) is 0 Å². The third kappa shape index (κ3) is 1.59. The van der Waals surface area contributed by atoms with Gasteiger partial charge in [-0.1, -0.05) is 0 Å². The third-order valence-corrected chi connectivity index (χ3v) is 3.66. The van der Waals surface area contributed by atoms with Crippen LogP contribution in [0.5, 0.6) is 0 Å². The minimum absolute atomic E-state index is 0.428. The summed E-state index contributed by atoms with van der Waals surface area (Å²) in [6.07, 6.45) is 0.428. The van der Waals surface area contributed by atoms with Crippen LogP contribution in [-0.4, -0.2) is 28.5 Å². The van der Waals surface area contributed by atoms with Crippen molar-refractivity contribution in [3.05, 3.63) is 15.9 Å². The molecule has 1 aromatic heterocycles. The fraction of sp³-hybridized carbons (Fsp3) is 0.667. The molecule has 0 unspecified atom stereocenters. The van der Waals surface area contributed by atoms with Gasteiger partial charge < -0.3 is 5.32 Å². The number of alkyl halides is 1. The first-order valence-corrected chi connectivity index (χ1v) is 5.39. The standard InChI is InChI=1S/C9H13BrFN3/c1-6-8(10)7(14(2)13-6)3-9(11)4-12-5-9/h12H,3-5H2,1-2H3. The molecule has 1 aliphatic heterocycles. The van der Waals surface area contributed by atoms with E-state index in [4.69, 9.17) is 0 Å². The van der Waals surface area contributed by atoms with Crippen molar-refractivity contribution in [1.82, 2.24) is 15.1 Å². The maximum atomic E-state index is 13.8. The Morgan fingerprint density at radius 1 is 1.64 bits per heavy atom. The van der Waals surface area contributed by atoms with Crippen molar-refractivity contribution in [2.45, 2.75) is 19.0 Å². The predicted octanol–water partition coefficient (Wildman–Crippen LogP) is 1.35. The van der Waals surface area contributed by atoms with Gasteiger partial charge >= 0.3 is 0 Å². The Labute approximate surface area is 90.8 Å².